The van der Waals surface area contributed by atoms with Crippen molar-refractivity contribution in [2.45, 2.75) is 25.8 Å². The van der Waals surface area contributed by atoms with Crippen molar-refractivity contribution in [3.05, 3.63) is 18.0 Å². The van der Waals surface area contributed by atoms with Gasteiger partial charge in [0.25, 0.3) is 0 Å². The summed E-state index contributed by atoms with van der Waals surface area (Å²) in [5, 5.41) is 11.4. The van der Waals surface area contributed by atoms with E-state index < -0.39 is 0 Å². The second-order valence-electron chi connectivity index (χ2n) is 4.94. The minimum Gasteiger partial charge on any atom is -0.323 e. The fraction of sp³-hybridized carbons (Fsp3) is 0.462. The van der Waals surface area contributed by atoms with Crippen molar-refractivity contribution in [2.75, 3.05) is 11.9 Å². The van der Waals surface area contributed by atoms with E-state index in [4.69, 9.17) is 0 Å². The summed E-state index contributed by atoms with van der Waals surface area (Å²) in [5.74, 6) is 0.0141. The Morgan fingerprint density at radius 3 is 3.16 bits per heavy atom. The van der Waals surface area contributed by atoms with Gasteiger partial charge in [-0.25, -0.2) is 4.98 Å². The topological polar surface area (TPSA) is 71.8 Å². The number of hydrogen-bond acceptors (Lipinski definition) is 4. The van der Waals surface area contributed by atoms with Crippen LogP contribution in [-0.2, 0) is 11.8 Å². The number of carbonyl (C=O) groups excluding carboxylic acids is 1. The van der Waals surface area contributed by atoms with Crippen molar-refractivity contribution in [2.24, 2.45) is 7.05 Å². The molecule has 0 aromatic carbocycles. The molecule has 1 amide bonds. The summed E-state index contributed by atoms with van der Waals surface area (Å²) in [4.78, 5) is 16.4. The number of hydrogen-bond donors (Lipinski definition) is 2. The first-order valence-electron chi connectivity index (χ1n) is 6.49. The van der Waals surface area contributed by atoms with Crippen molar-refractivity contribution in [3.63, 3.8) is 0 Å². The van der Waals surface area contributed by atoms with Gasteiger partial charge in [-0.15, -0.1) is 0 Å². The van der Waals surface area contributed by atoms with Gasteiger partial charge in [-0.2, -0.15) is 5.10 Å². The highest BCUT2D eigenvalue weighted by Crippen LogP contribution is 2.19. The molecule has 2 aromatic heterocycles. The number of pyridine rings is 1. The summed E-state index contributed by atoms with van der Waals surface area (Å²) in [6.07, 6.45) is 3.63. The molecule has 0 spiro atoms. The normalized spacial score (nSPS) is 18.9. The molecule has 1 saturated heterocycles. The molecule has 0 bridgehead atoms. The third kappa shape index (κ3) is 2.19. The minimum absolute atomic E-state index is 0.0141. The van der Waals surface area contributed by atoms with E-state index in [-0.39, 0.29) is 11.9 Å². The molecule has 6 nitrogen and oxygen atoms in total. The van der Waals surface area contributed by atoms with Crippen molar-refractivity contribution in [1.82, 2.24) is 20.1 Å². The maximum atomic E-state index is 12.0. The van der Waals surface area contributed by atoms with Crippen LogP contribution in [0.4, 0.5) is 5.69 Å². The van der Waals surface area contributed by atoms with Gasteiger partial charge in [-0.05, 0) is 32.4 Å². The van der Waals surface area contributed by atoms with E-state index in [1.807, 2.05) is 20.0 Å². The lowest BCUT2D eigenvalue weighted by Gasteiger charge is -2.10. The van der Waals surface area contributed by atoms with Crippen molar-refractivity contribution >= 4 is 22.6 Å². The van der Waals surface area contributed by atoms with E-state index in [2.05, 4.69) is 20.7 Å². The quantitative estimate of drug-likeness (QED) is 0.843. The lowest BCUT2D eigenvalue weighted by atomic mass is 10.2. The zero-order chi connectivity index (χ0) is 13.4. The van der Waals surface area contributed by atoms with Gasteiger partial charge in [0.1, 0.15) is 0 Å². The number of nitrogens with zero attached hydrogens (tertiary/aromatic N) is 3. The Bertz CT molecular complexity index is 627. The fourth-order valence-corrected chi connectivity index (χ4v) is 2.51. The molecule has 6 heteroatoms. The largest absolute Gasteiger partial charge is 0.323 e. The molecule has 1 atom stereocenters. The van der Waals surface area contributed by atoms with Gasteiger partial charge in [0, 0.05) is 12.4 Å². The van der Waals surface area contributed by atoms with Gasteiger partial charge in [-0.3, -0.25) is 9.48 Å². The number of anilines is 1. The highest BCUT2D eigenvalue weighted by atomic mass is 16.2. The van der Waals surface area contributed by atoms with Crippen LogP contribution >= 0.6 is 0 Å². The van der Waals surface area contributed by atoms with E-state index in [0.717, 1.165) is 41.8 Å². The average molecular weight is 259 g/mol. The Balaban J connectivity index is 1.85. The summed E-state index contributed by atoms with van der Waals surface area (Å²) >= 11 is 0. The third-order valence-electron chi connectivity index (χ3n) is 3.51. The smallest absolute Gasteiger partial charge is 0.241 e. The van der Waals surface area contributed by atoms with Gasteiger partial charge in [0.05, 0.1) is 23.6 Å². The number of fused-ring (bicyclic) bond motifs is 1. The zero-order valence-corrected chi connectivity index (χ0v) is 11.1. The Kier molecular flexibility index (Phi) is 2.94. The predicted molar refractivity (Wildman–Crippen MR) is 72.9 cm³/mol. The maximum absolute atomic E-state index is 12.0. The second-order valence-corrected chi connectivity index (χ2v) is 4.94. The highest BCUT2D eigenvalue weighted by molar-refractivity contribution is 5.96. The molecule has 3 rings (SSSR count). The summed E-state index contributed by atoms with van der Waals surface area (Å²) < 4.78 is 1.74. The van der Waals surface area contributed by atoms with Crippen LogP contribution in [0, 0.1) is 6.92 Å². The van der Waals surface area contributed by atoms with Crippen molar-refractivity contribution < 1.29 is 4.79 Å². The number of rotatable bonds is 2. The molecule has 3 heterocycles. The monoisotopic (exact) mass is 259 g/mol. The Morgan fingerprint density at radius 1 is 1.58 bits per heavy atom. The average Bonchev–Trinajstić information content (AvgIpc) is 2.99. The molecule has 2 aromatic rings. The molecule has 0 aliphatic carbocycles. The summed E-state index contributed by atoms with van der Waals surface area (Å²) in [5.41, 5.74) is 2.47. The number of amides is 1. The first-order chi connectivity index (χ1) is 9.15. The molecule has 19 heavy (non-hydrogen) atoms. The molecule has 100 valence electrons. The van der Waals surface area contributed by atoms with Crippen LogP contribution in [-0.4, -0.2) is 33.3 Å². The van der Waals surface area contributed by atoms with E-state index >= 15 is 0 Å². The number of carbonyl (C=O) groups is 1. The minimum atomic E-state index is -0.0781. The maximum Gasteiger partial charge on any atom is 0.241 e. The lowest BCUT2D eigenvalue weighted by Crippen LogP contribution is -2.35. The number of nitrogens with one attached hydrogen (secondary N) is 2. The van der Waals surface area contributed by atoms with Crippen LogP contribution in [0.1, 0.15) is 18.5 Å². The molecule has 0 saturated carbocycles. The molecular formula is C13H17N5O. The van der Waals surface area contributed by atoms with Gasteiger partial charge < -0.3 is 10.6 Å². The molecule has 2 N–H and O–H groups in total. The van der Waals surface area contributed by atoms with Crippen molar-refractivity contribution in [1.29, 1.82) is 0 Å². The molecule has 1 aliphatic rings. The standard InChI is InChI=1S/C13H17N5O/c1-8-10-6-9(7-15-12(10)18(2)17-8)16-13(19)11-4-3-5-14-11/h6-7,11,14H,3-5H2,1-2H3,(H,16,19)/t11-/m1/s1. The number of aromatic nitrogens is 3. The Hall–Kier alpha value is -1.95. The van der Waals surface area contributed by atoms with Crippen LogP contribution in [0.3, 0.4) is 0 Å². The van der Waals surface area contributed by atoms with Gasteiger partial charge >= 0.3 is 0 Å². The molecular weight excluding hydrogens is 242 g/mol. The van der Waals surface area contributed by atoms with Crippen LogP contribution in [0.2, 0.25) is 0 Å². The van der Waals surface area contributed by atoms with E-state index in [9.17, 15) is 4.79 Å². The van der Waals surface area contributed by atoms with Crippen LogP contribution in [0.15, 0.2) is 12.3 Å². The first kappa shape index (κ1) is 12.1. The highest BCUT2D eigenvalue weighted by Gasteiger charge is 2.22. The SMILES string of the molecule is Cc1nn(C)c2ncc(NC(=O)[C@H]3CCCN3)cc12. The zero-order valence-electron chi connectivity index (χ0n) is 11.1. The fourth-order valence-electron chi connectivity index (χ4n) is 2.51. The van der Waals surface area contributed by atoms with E-state index in [1.165, 1.54) is 0 Å². The summed E-state index contributed by atoms with van der Waals surface area (Å²) in [6.45, 7) is 2.85. The Labute approximate surface area is 111 Å². The second kappa shape index (κ2) is 4.62. The number of aryl methyl sites for hydroxylation is 2. The molecule has 1 aliphatic heterocycles. The van der Waals surface area contributed by atoms with Crippen molar-refractivity contribution in [3.8, 4) is 0 Å². The molecule has 0 unspecified atom stereocenters. The molecule has 1 fully saturated rings. The van der Waals surface area contributed by atoms with Gasteiger partial charge in [-0.1, -0.05) is 0 Å². The van der Waals surface area contributed by atoms with Gasteiger partial charge in [0.15, 0.2) is 5.65 Å². The van der Waals surface area contributed by atoms with Crippen LogP contribution in [0.25, 0.3) is 11.0 Å². The van der Waals surface area contributed by atoms with Crippen LogP contribution < -0.4 is 10.6 Å². The summed E-state index contributed by atoms with van der Waals surface area (Å²) in [6, 6.07) is 1.85. The lowest BCUT2D eigenvalue weighted by molar-refractivity contribution is -0.117. The third-order valence-corrected chi connectivity index (χ3v) is 3.51. The van der Waals surface area contributed by atoms with E-state index in [1.54, 1.807) is 10.9 Å². The Morgan fingerprint density at radius 2 is 2.42 bits per heavy atom. The van der Waals surface area contributed by atoms with Crippen LogP contribution in [0.5, 0.6) is 0 Å². The first-order valence-corrected chi connectivity index (χ1v) is 6.49. The van der Waals surface area contributed by atoms with Gasteiger partial charge in [0.2, 0.25) is 5.91 Å². The summed E-state index contributed by atoms with van der Waals surface area (Å²) in [7, 11) is 1.86. The van der Waals surface area contributed by atoms with E-state index in [0.29, 0.717) is 0 Å². The molecule has 0 radical (unpaired) electrons. The predicted octanol–water partition coefficient (Wildman–Crippen LogP) is 0.967.